The Hall–Kier alpha value is -2.56. The second-order valence-corrected chi connectivity index (χ2v) is 5.60. The Kier molecular flexibility index (Phi) is 4.69. The van der Waals surface area contributed by atoms with Crippen LogP contribution in [0.2, 0.25) is 5.02 Å². The van der Waals surface area contributed by atoms with E-state index < -0.39 is 6.61 Å². The van der Waals surface area contributed by atoms with Crippen molar-refractivity contribution in [3.8, 4) is 28.0 Å². The van der Waals surface area contributed by atoms with Crippen LogP contribution in [0.25, 0.3) is 22.3 Å². The van der Waals surface area contributed by atoms with E-state index in [1.165, 1.54) is 0 Å². The second kappa shape index (κ2) is 6.91. The molecule has 0 atom stereocenters. The van der Waals surface area contributed by atoms with Gasteiger partial charge in [-0.2, -0.15) is 0 Å². The number of H-pyrrole nitrogens is 1. The van der Waals surface area contributed by atoms with Crippen molar-refractivity contribution in [1.82, 2.24) is 4.98 Å². The number of Topliss-reactive ketones (excluding diaryl/α,β-unsaturated/α-hetero) is 1. The zero-order chi connectivity index (χ0) is 17.1. The molecule has 3 aromatic rings. The number of nitrogens with one attached hydrogen (secondary N) is 1. The number of rotatable bonds is 5. The molecule has 0 unspecified atom stereocenters. The molecule has 5 heteroatoms. The lowest BCUT2D eigenvalue weighted by Gasteiger charge is -2.11. The first-order chi connectivity index (χ1) is 11.7. The Bertz CT molecular complexity index is 872. The summed E-state index contributed by atoms with van der Waals surface area (Å²) in [6.45, 7) is -0.564. The largest absolute Gasteiger partial charge is 0.495 e. The summed E-state index contributed by atoms with van der Waals surface area (Å²) in [6, 6.07) is 15.0. The lowest BCUT2D eigenvalue weighted by atomic mass is 9.95. The van der Waals surface area contributed by atoms with Crippen LogP contribution in [0.3, 0.4) is 0 Å². The number of aromatic amines is 1. The average molecular weight is 342 g/mol. The van der Waals surface area contributed by atoms with Gasteiger partial charge in [-0.25, -0.2) is 0 Å². The molecule has 3 rings (SSSR count). The van der Waals surface area contributed by atoms with Gasteiger partial charge < -0.3 is 14.8 Å². The van der Waals surface area contributed by atoms with E-state index in [2.05, 4.69) is 4.98 Å². The topological polar surface area (TPSA) is 62.3 Å². The highest BCUT2D eigenvalue weighted by atomic mass is 35.5. The van der Waals surface area contributed by atoms with E-state index in [4.69, 9.17) is 16.3 Å². The van der Waals surface area contributed by atoms with Crippen molar-refractivity contribution in [2.45, 2.75) is 0 Å². The van der Waals surface area contributed by atoms with Crippen LogP contribution in [0.1, 0.15) is 10.5 Å². The highest BCUT2D eigenvalue weighted by Gasteiger charge is 2.21. The van der Waals surface area contributed by atoms with Gasteiger partial charge in [0.05, 0.1) is 17.8 Å². The quantitative estimate of drug-likeness (QED) is 0.684. The van der Waals surface area contributed by atoms with Crippen molar-refractivity contribution in [3.63, 3.8) is 0 Å². The molecule has 0 aliphatic rings. The van der Waals surface area contributed by atoms with Crippen molar-refractivity contribution < 1.29 is 14.6 Å². The third-order valence-corrected chi connectivity index (χ3v) is 4.23. The SMILES string of the molecule is COc1cccc(-c2c[nH]c(C(=O)CO)c2-c2ccccc2)c1Cl. The molecule has 0 aliphatic carbocycles. The van der Waals surface area contributed by atoms with Crippen molar-refractivity contribution in [1.29, 1.82) is 0 Å². The van der Waals surface area contributed by atoms with Gasteiger partial charge in [0.1, 0.15) is 12.4 Å². The first-order valence-electron chi connectivity index (χ1n) is 7.41. The van der Waals surface area contributed by atoms with E-state index in [9.17, 15) is 9.90 Å². The first kappa shape index (κ1) is 16.3. The van der Waals surface area contributed by atoms with Crippen LogP contribution in [-0.4, -0.2) is 29.6 Å². The number of aliphatic hydroxyl groups is 1. The number of aromatic nitrogens is 1. The third kappa shape index (κ3) is 2.82. The summed E-state index contributed by atoms with van der Waals surface area (Å²) in [5.41, 5.74) is 3.47. The van der Waals surface area contributed by atoms with Crippen LogP contribution < -0.4 is 4.74 Å². The molecular weight excluding hydrogens is 326 g/mol. The summed E-state index contributed by atoms with van der Waals surface area (Å²) in [7, 11) is 1.56. The summed E-state index contributed by atoms with van der Waals surface area (Å²) < 4.78 is 5.28. The van der Waals surface area contributed by atoms with E-state index in [1.54, 1.807) is 19.4 Å². The maximum atomic E-state index is 12.1. The molecular formula is C19H16ClNO3. The summed E-state index contributed by atoms with van der Waals surface area (Å²) in [5, 5.41) is 9.73. The summed E-state index contributed by atoms with van der Waals surface area (Å²) >= 11 is 6.45. The number of methoxy groups -OCH3 is 1. The summed E-state index contributed by atoms with van der Waals surface area (Å²) in [5.74, 6) is 0.184. The number of hydrogen-bond donors (Lipinski definition) is 2. The minimum Gasteiger partial charge on any atom is -0.495 e. The molecule has 2 aromatic carbocycles. The predicted octanol–water partition coefficient (Wildman–Crippen LogP) is 4.19. The van der Waals surface area contributed by atoms with E-state index in [0.29, 0.717) is 22.0 Å². The monoisotopic (exact) mass is 341 g/mol. The minimum atomic E-state index is -0.564. The molecule has 4 nitrogen and oxygen atoms in total. The number of hydrogen-bond acceptors (Lipinski definition) is 3. The highest BCUT2D eigenvalue weighted by Crippen LogP contribution is 2.41. The first-order valence-corrected chi connectivity index (χ1v) is 7.79. The Morgan fingerprint density at radius 2 is 1.88 bits per heavy atom. The minimum absolute atomic E-state index is 0.359. The molecule has 0 bridgehead atoms. The number of halogens is 1. The van der Waals surface area contributed by atoms with Crippen molar-refractivity contribution in [2.75, 3.05) is 13.7 Å². The maximum absolute atomic E-state index is 12.1. The molecule has 0 aliphatic heterocycles. The zero-order valence-corrected chi connectivity index (χ0v) is 13.8. The van der Waals surface area contributed by atoms with E-state index in [1.807, 2.05) is 42.5 Å². The third-order valence-electron chi connectivity index (χ3n) is 3.84. The van der Waals surface area contributed by atoms with Gasteiger partial charge >= 0.3 is 0 Å². The van der Waals surface area contributed by atoms with E-state index in [-0.39, 0.29) is 5.78 Å². The van der Waals surface area contributed by atoms with Gasteiger partial charge in [0.15, 0.2) is 0 Å². The van der Waals surface area contributed by atoms with Crippen LogP contribution in [0, 0.1) is 0 Å². The number of carbonyl (C=O) groups excluding carboxylic acids is 1. The standard InChI is InChI=1S/C19H16ClNO3/c1-24-16-9-5-8-13(18(16)20)14-10-21-19(15(23)11-22)17(14)12-6-3-2-4-7-12/h2-10,21-22H,11H2,1H3. The molecule has 0 saturated carbocycles. The van der Waals surface area contributed by atoms with Crippen molar-refractivity contribution in [2.24, 2.45) is 0 Å². The molecule has 0 radical (unpaired) electrons. The molecule has 24 heavy (non-hydrogen) atoms. The number of aliphatic hydroxyl groups excluding tert-OH is 1. The zero-order valence-electron chi connectivity index (χ0n) is 13.0. The van der Waals surface area contributed by atoms with Gasteiger partial charge in [-0.3, -0.25) is 4.79 Å². The van der Waals surface area contributed by atoms with E-state index >= 15 is 0 Å². The van der Waals surface area contributed by atoms with Crippen molar-refractivity contribution in [3.05, 3.63) is 65.4 Å². The lowest BCUT2D eigenvalue weighted by molar-refractivity contribution is 0.0900. The Morgan fingerprint density at radius 3 is 2.54 bits per heavy atom. The number of ether oxygens (including phenoxy) is 1. The normalized spacial score (nSPS) is 10.6. The number of carbonyl (C=O) groups is 1. The molecule has 1 aromatic heterocycles. The van der Waals surface area contributed by atoms with Gasteiger partial charge in [-0.15, -0.1) is 0 Å². The summed E-state index contributed by atoms with van der Waals surface area (Å²) in [6.07, 6.45) is 1.73. The molecule has 2 N–H and O–H groups in total. The predicted molar refractivity (Wildman–Crippen MR) is 94.6 cm³/mol. The fourth-order valence-electron chi connectivity index (χ4n) is 2.72. The number of benzene rings is 2. The fourth-order valence-corrected chi connectivity index (χ4v) is 3.02. The van der Waals surface area contributed by atoms with Crippen LogP contribution in [0.15, 0.2) is 54.7 Å². The van der Waals surface area contributed by atoms with Gasteiger partial charge in [0.2, 0.25) is 5.78 Å². The van der Waals surface area contributed by atoms with Gasteiger partial charge in [0.25, 0.3) is 0 Å². The van der Waals surface area contributed by atoms with Crippen LogP contribution in [-0.2, 0) is 0 Å². The Balaban J connectivity index is 2.27. The van der Waals surface area contributed by atoms with Crippen LogP contribution in [0.5, 0.6) is 5.75 Å². The molecule has 0 amide bonds. The number of ketones is 1. The van der Waals surface area contributed by atoms with Gasteiger partial charge in [-0.1, -0.05) is 54.1 Å². The smallest absolute Gasteiger partial charge is 0.204 e. The molecule has 122 valence electrons. The molecule has 0 fully saturated rings. The van der Waals surface area contributed by atoms with Crippen LogP contribution >= 0.6 is 11.6 Å². The molecule has 1 heterocycles. The highest BCUT2D eigenvalue weighted by molar-refractivity contribution is 6.35. The summed E-state index contributed by atoms with van der Waals surface area (Å²) in [4.78, 5) is 15.1. The van der Waals surface area contributed by atoms with Crippen LogP contribution in [0.4, 0.5) is 0 Å². The Labute approximate surface area is 144 Å². The average Bonchev–Trinajstić information content (AvgIpc) is 3.06. The second-order valence-electron chi connectivity index (χ2n) is 5.22. The maximum Gasteiger partial charge on any atom is 0.204 e. The van der Waals surface area contributed by atoms with Crippen molar-refractivity contribution >= 4 is 17.4 Å². The van der Waals surface area contributed by atoms with Gasteiger partial charge in [0, 0.05) is 22.9 Å². The fraction of sp³-hybridized carbons (Fsp3) is 0.105. The molecule has 0 spiro atoms. The van der Waals surface area contributed by atoms with E-state index in [0.717, 1.165) is 16.7 Å². The lowest BCUT2D eigenvalue weighted by Crippen LogP contribution is -2.06. The Morgan fingerprint density at radius 1 is 1.12 bits per heavy atom. The molecule has 0 saturated heterocycles. The van der Waals surface area contributed by atoms with Gasteiger partial charge in [-0.05, 0) is 11.6 Å².